The van der Waals surface area contributed by atoms with E-state index >= 15 is 0 Å². The molecule has 102 valence electrons. The van der Waals surface area contributed by atoms with Crippen LogP contribution in [0.5, 0.6) is 0 Å². The van der Waals surface area contributed by atoms with Gasteiger partial charge < -0.3 is 0 Å². The fourth-order valence-corrected chi connectivity index (χ4v) is 2.98. The highest BCUT2D eigenvalue weighted by Gasteiger charge is 2.29. The number of benzene rings is 1. The zero-order valence-corrected chi connectivity index (χ0v) is 11.9. The van der Waals surface area contributed by atoms with Crippen LogP contribution < -0.4 is 5.43 Å². The smallest absolute Gasteiger partial charge is 0.267 e. The molecule has 3 heteroatoms. The van der Waals surface area contributed by atoms with Crippen molar-refractivity contribution < 1.29 is 4.79 Å². The fourth-order valence-electron chi connectivity index (χ4n) is 2.98. The van der Waals surface area contributed by atoms with Crippen molar-refractivity contribution in [1.82, 2.24) is 5.43 Å². The van der Waals surface area contributed by atoms with Gasteiger partial charge in [-0.25, -0.2) is 5.43 Å². The first kappa shape index (κ1) is 13.8. The van der Waals surface area contributed by atoms with Gasteiger partial charge in [-0.2, -0.15) is 5.10 Å². The number of nitrogens with zero attached hydrogens (tertiary/aromatic N) is 1. The molecule has 3 nitrogen and oxygen atoms in total. The fraction of sp³-hybridized carbons (Fsp3) is 0.500. The average molecular weight is 258 g/mol. The lowest BCUT2D eigenvalue weighted by atomic mass is 9.72. The highest BCUT2D eigenvalue weighted by molar-refractivity contribution is 5.95. The van der Waals surface area contributed by atoms with Gasteiger partial charge in [-0.3, -0.25) is 4.79 Å². The molecule has 1 aliphatic rings. The second-order valence-electron chi connectivity index (χ2n) is 6.34. The molecule has 1 N–H and O–H groups in total. The van der Waals surface area contributed by atoms with E-state index in [2.05, 4.69) is 31.3 Å². The van der Waals surface area contributed by atoms with Crippen molar-refractivity contribution in [2.75, 3.05) is 0 Å². The predicted molar refractivity (Wildman–Crippen MR) is 78.1 cm³/mol. The first-order chi connectivity index (χ1) is 8.96. The molecular formula is C16H22N2O. The zero-order valence-electron chi connectivity index (χ0n) is 11.9. The third-order valence-electron chi connectivity index (χ3n) is 3.52. The van der Waals surface area contributed by atoms with Gasteiger partial charge in [0.1, 0.15) is 0 Å². The minimum absolute atomic E-state index is 0.135. The number of nitrogens with one attached hydrogen (secondary N) is 1. The maximum Gasteiger partial charge on any atom is 0.271 e. The minimum Gasteiger partial charge on any atom is -0.267 e. The van der Waals surface area contributed by atoms with Crippen molar-refractivity contribution >= 4 is 11.6 Å². The van der Waals surface area contributed by atoms with Gasteiger partial charge in [0, 0.05) is 11.3 Å². The molecule has 1 aromatic rings. The standard InChI is InChI=1S/C16H22N2O/c1-12-9-14(11-16(2,3)10-12)17-18-15(19)13-7-5-4-6-8-13/h4-8,12H,9-11H2,1-3H3,(H,18,19)/b17-14+. The largest absolute Gasteiger partial charge is 0.271 e. The number of hydrazone groups is 1. The summed E-state index contributed by atoms with van der Waals surface area (Å²) in [5, 5.41) is 4.32. The van der Waals surface area contributed by atoms with Gasteiger partial charge in [0.15, 0.2) is 0 Å². The molecule has 19 heavy (non-hydrogen) atoms. The van der Waals surface area contributed by atoms with Gasteiger partial charge in [-0.1, -0.05) is 39.0 Å². The van der Waals surface area contributed by atoms with Crippen molar-refractivity contribution in [2.45, 2.75) is 40.0 Å². The second kappa shape index (κ2) is 5.55. The molecule has 1 fully saturated rings. The number of carbonyl (C=O) groups is 1. The predicted octanol–water partition coefficient (Wildman–Crippen LogP) is 3.62. The van der Waals surface area contributed by atoms with E-state index in [9.17, 15) is 4.79 Å². The SMILES string of the molecule is CC1C/C(=N\NC(=O)c2ccccc2)CC(C)(C)C1. The minimum atomic E-state index is -0.135. The van der Waals surface area contributed by atoms with Gasteiger partial charge in [0.25, 0.3) is 5.91 Å². The topological polar surface area (TPSA) is 41.5 Å². The Kier molecular flexibility index (Phi) is 4.03. The summed E-state index contributed by atoms with van der Waals surface area (Å²) in [5.74, 6) is 0.500. The highest BCUT2D eigenvalue weighted by atomic mass is 16.2. The molecule has 1 amide bonds. The summed E-state index contributed by atoms with van der Waals surface area (Å²) in [7, 11) is 0. The normalized spacial score (nSPS) is 24.2. The highest BCUT2D eigenvalue weighted by Crippen LogP contribution is 2.36. The maximum absolute atomic E-state index is 11.9. The third kappa shape index (κ3) is 3.91. The van der Waals surface area contributed by atoms with E-state index in [1.165, 1.54) is 6.42 Å². The molecule has 0 saturated heterocycles. The number of carbonyl (C=O) groups excluding carboxylic acids is 1. The molecule has 0 radical (unpaired) electrons. The van der Waals surface area contributed by atoms with Gasteiger partial charge >= 0.3 is 0 Å². The van der Waals surface area contributed by atoms with Gasteiger partial charge in [0.05, 0.1) is 0 Å². The zero-order chi connectivity index (χ0) is 13.9. The van der Waals surface area contributed by atoms with Gasteiger partial charge in [0.2, 0.25) is 0 Å². The molecule has 2 rings (SSSR count). The number of hydrogen-bond donors (Lipinski definition) is 1. The van der Waals surface area contributed by atoms with Crippen molar-refractivity contribution in [1.29, 1.82) is 0 Å². The lowest BCUT2D eigenvalue weighted by Gasteiger charge is -2.34. The Morgan fingerprint density at radius 3 is 2.63 bits per heavy atom. The Bertz CT molecular complexity index is 477. The Labute approximate surface area is 115 Å². The Morgan fingerprint density at radius 1 is 1.32 bits per heavy atom. The van der Waals surface area contributed by atoms with Crippen LogP contribution >= 0.6 is 0 Å². The van der Waals surface area contributed by atoms with Crippen molar-refractivity contribution in [2.24, 2.45) is 16.4 Å². The Morgan fingerprint density at radius 2 is 2.00 bits per heavy atom. The van der Waals surface area contributed by atoms with Crippen LogP contribution in [0.4, 0.5) is 0 Å². The molecule has 0 spiro atoms. The van der Waals surface area contributed by atoms with Gasteiger partial charge in [-0.05, 0) is 42.7 Å². The first-order valence-electron chi connectivity index (χ1n) is 6.87. The lowest BCUT2D eigenvalue weighted by Crippen LogP contribution is -2.30. The van der Waals surface area contributed by atoms with E-state index in [0.717, 1.165) is 18.6 Å². The van der Waals surface area contributed by atoms with E-state index in [1.807, 2.05) is 18.2 Å². The molecule has 1 saturated carbocycles. The summed E-state index contributed by atoms with van der Waals surface area (Å²) < 4.78 is 0. The summed E-state index contributed by atoms with van der Waals surface area (Å²) in [6.45, 7) is 6.77. The molecule has 0 heterocycles. The van der Waals surface area contributed by atoms with Crippen LogP contribution in [-0.4, -0.2) is 11.6 Å². The molecule has 1 aliphatic carbocycles. The summed E-state index contributed by atoms with van der Waals surface area (Å²) in [6, 6.07) is 9.20. The van der Waals surface area contributed by atoms with Crippen LogP contribution in [0.1, 0.15) is 50.4 Å². The van der Waals surface area contributed by atoms with Crippen LogP contribution in [0.2, 0.25) is 0 Å². The average Bonchev–Trinajstić information content (AvgIpc) is 2.34. The van der Waals surface area contributed by atoms with E-state index in [1.54, 1.807) is 12.1 Å². The van der Waals surface area contributed by atoms with Crippen LogP contribution in [0.15, 0.2) is 35.4 Å². The van der Waals surface area contributed by atoms with Crippen molar-refractivity contribution in [3.8, 4) is 0 Å². The Balaban J connectivity index is 2.01. The number of amides is 1. The van der Waals surface area contributed by atoms with Crippen LogP contribution in [0.25, 0.3) is 0 Å². The van der Waals surface area contributed by atoms with E-state index < -0.39 is 0 Å². The molecule has 0 aromatic heterocycles. The number of hydrogen-bond acceptors (Lipinski definition) is 2. The van der Waals surface area contributed by atoms with Crippen LogP contribution in [0.3, 0.4) is 0 Å². The lowest BCUT2D eigenvalue weighted by molar-refractivity contribution is 0.0954. The van der Waals surface area contributed by atoms with Crippen LogP contribution in [-0.2, 0) is 0 Å². The quantitative estimate of drug-likeness (QED) is 0.809. The summed E-state index contributed by atoms with van der Waals surface area (Å²) in [6.07, 6.45) is 3.17. The van der Waals surface area contributed by atoms with Crippen LogP contribution in [0, 0.1) is 11.3 Å². The van der Waals surface area contributed by atoms with Crippen molar-refractivity contribution in [3.63, 3.8) is 0 Å². The molecular weight excluding hydrogens is 236 g/mol. The maximum atomic E-state index is 11.9. The molecule has 0 aliphatic heterocycles. The van der Waals surface area contributed by atoms with Gasteiger partial charge in [-0.15, -0.1) is 0 Å². The Hall–Kier alpha value is -1.64. The van der Waals surface area contributed by atoms with Crippen molar-refractivity contribution in [3.05, 3.63) is 35.9 Å². The van der Waals surface area contributed by atoms with E-state index in [-0.39, 0.29) is 11.3 Å². The first-order valence-corrected chi connectivity index (χ1v) is 6.87. The van der Waals surface area contributed by atoms with E-state index in [0.29, 0.717) is 11.5 Å². The van der Waals surface area contributed by atoms with E-state index in [4.69, 9.17) is 0 Å². The molecule has 1 atom stereocenters. The summed E-state index contributed by atoms with van der Waals surface area (Å²) >= 11 is 0. The summed E-state index contributed by atoms with van der Waals surface area (Å²) in [4.78, 5) is 11.9. The summed E-state index contributed by atoms with van der Waals surface area (Å²) in [5.41, 5.74) is 4.71. The monoisotopic (exact) mass is 258 g/mol. The molecule has 1 unspecified atom stereocenters. The third-order valence-corrected chi connectivity index (χ3v) is 3.52. The molecule has 0 bridgehead atoms. The molecule has 1 aromatic carbocycles. The second-order valence-corrected chi connectivity index (χ2v) is 6.34. The number of rotatable bonds is 2.